The van der Waals surface area contributed by atoms with Crippen molar-refractivity contribution in [3.05, 3.63) is 74.6 Å². The molecule has 9 heteroatoms. The van der Waals surface area contributed by atoms with Crippen LogP contribution in [0.1, 0.15) is 34.2 Å². The van der Waals surface area contributed by atoms with Gasteiger partial charge in [0.15, 0.2) is 0 Å². The van der Waals surface area contributed by atoms with Crippen LogP contribution in [0.25, 0.3) is 11.0 Å². The Kier molecular flexibility index (Phi) is 6.37. The van der Waals surface area contributed by atoms with E-state index in [-0.39, 0.29) is 24.5 Å². The number of ether oxygens (including phenoxy) is 1. The summed E-state index contributed by atoms with van der Waals surface area (Å²) < 4.78 is 38.3. The van der Waals surface area contributed by atoms with Gasteiger partial charge in [-0.25, -0.2) is 13.2 Å². The number of hydrogen-bond acceptors (Lipinski definition) is 7. The van der Waals surface area contributed by atoms with E-state index in [4.69, 9.17) is 9.15 Å². The first-order valence-corrected chi connectivity index (χ1v) is 12.4. The Bertz CT molecular complexity index is 1440. The molecule has 1 fully saturated rings. The monoisotopic (exact) mass is 485 g/mol. The largest absolute Gasteiger partial charge is 0.460 e. The van der Waals surface area contributed by atoms with Crippen LogP contribution >= 0.6 is 0 Å². The lowest BCUT2D eigenvalue weighted by atomic mass is 10.0. The fraction of sp³-hybridized carbons (Fsp3) is 0.360. The van der Waals surface area contributed by atoms with E-state index in [1.165, 1.54) is 12.1 Å². The summed E-state index contributed by atoms with van der Waals surface area (Å²) >= 11 is 0. The fourth-order valence-electron chi connectivity index (χ4n) is 4.12. The Morgan fingerprint density at radius 1 is 1.06 bits per heavy atom. The number of benzene rings is 2. The number of sulfonamides is 1. The highest BCUT2D eigenvalue weighted by atomic mass is 32.2. The lowest BCUT2D eigenvalue weighted by molar-refractivity contribution is -0.148. The average Bonchev–Trinajstić information content (AvgIpc) is 3.17. The Morgan fingerprint density at radius 2 is 1.74 bits per heavy atom. The molecule has 8 nitrogen and oxygen atoms in total. The Balaban J connectivity index is 1.60. The van der Waals surface area contributed by atoms with E-state index < -0.39 is 33.8 Å². The maximum atomic E-state index is 13.3. The van der Waals surface area contributed by atoms with E-state index in [1.807, 2.05) is 33.8 Å². The minimum atomic E-state index is -4.03. The van der Waals surface area contributed by atoms with Crippen molar-refractivity contribution >= 4 is 27.0 Å². The smallest absolute Gasteiger partial charge is 0.336 e. The Morgan fingerprint density at radius 3 is 2.44 bits per heavy atom. The third kappa shape index (κ3) is 4.51. The molecule has 2 unspecified atom stereocenters. The van der Waals surface area contributed by atoms with Crippen molar-refractivity contribution < 1.29 is 27.5 Å². The number of fused-ring (bicyclic) bond motifs is 1. The van der Waals surface area contributed by atoms with Gasteiger partial charge in [-0.1, -0.05) is 6.07 Å². The van der Waals surface area contributed by atoms with Crippen molar-refractivity contribution in [2.45, 2.75) is 57.8 Å². The molecule has 4 rings (SSSR count). The van der Waals surface area contributed by atoms with E-state index in [0.29, 0.717) is 16.5 Å². The van der Waals surface area contributed by atoms with Gasteiger partial charge >= 0.3 is 11.6 Å². The minimum absolute atomic E-state index is 0.0556. The molecule has 2 atom stereocenters. The number of esters is 1. The van der Waals surface area contributed by atoms with Crippen molar-refractivity contribution in [2.75, 3.05) is 6.54 Å². The number of hydrogen-bond donors (Lipinski definition) is 1. The van der Waals surface area contributed by atoms with Gasteiger partial charge < -0.3 is 14.3 Å². The molecule has 34 heavy (non-hydrogen) atoms. The third-order valence-electron chi connectivity index (χ3n) is 6.41. The first-order valence-electron chi connectivity index (χ1n) is 10.9. The summed E-state index contributed by atoms with van der Waals surface area (Å²) in [6.45, 7) is 7.08. The number of nitrogens with zero attached hydrogens (tertiary/aromatic N) is 1. The predicted molar refractivity (Wildman–Crippen MR) is 126 cm³/mol. The van der Waals surface area contributed by atoms with Crippen LogP contribution in [-0.2, 0) is 26.2 Å². The zero-order chi connectivity index (χ0) is 24.8. The molecule has 1 aliphatic rings. The summed E-state index contributed by atoms with van der Waals surface area (Å²) in [5, 5.41) is 10.8. The molecular weight excluding hydrogens is 458 g/mol. The van der Waals surface area contributed by atoms with Gasteiger partial charge in [0.25, 0.3) is 0 Å². The van der Waals surface area contributed by atoms with Crippen LogP contribution in [-0.4, -0.2) is 42.5 Å². The molecule has 2 heterocycles. The highest BCUT2D eigenvalue weighted by Gasteiger charge is 2.44. The predicted octanol–water partition coefficient (Wildman–Crippen LogP) is 2.89. The van der Waals surface area contributed by atoms with E-state index in [9.17, 15) is 23.1 Å². The van der Waals surface area contributed by atoms with Crippen LogP contribution in [0.15, 0.2) is 50.5 Å². The Labute approximate surface area is 197 Å². The molecule has 2 aromatic carbocycles. The SMILES string of the molecule is Cc1ccc(S(=O)(=O)N2CC(O)CC2C(=O)OCc2cc(=O)oc3cc(C)c(C)cc23)cc1C. The number of aliphatic hydroxyl groups is 1. The van der Waals surface area contributed by atoms with E-state index in [0.717, 1.165) is 26.6 Å². The van der Waals surface area contributed by atoms with Gasteiger partial charge in [-0.15, -0.1) is 0 Å². The average molecular weight is 486 g/mol. The van der Waals surface area contributed by atoms with Crippen LogP contribution in [0, 0.1) is 27.7 Å². The molecule has 1 N–H and O–H groups in total. The number of aliphatic hydroxyl groups excluding tert-OH is 1. The number of carbonyl (C=O) groups excluding carboxylic acids is 1. The first kappa shape index (κ1) is 24.1. The van der Waals surface area contributed by atoms with Crippen LogP contribution < -0.4 is 5.63 Å². The molecule has 0 radical (unpaired) electrons. The van der Waals surface area contributed by atoms with Gasteiger partial charge in [-0.2, -0.15) is 4.31 Å². The van der Waals surface area contributed by atoms with Crippen LogP contribution in [0.3, 0.4) is 0 Å². The first-order chi connectivity index (χ1) is 16.0. The summed E-state index contributed by atoms with van der Waals surface area (Å²) in [5.41, 5.74) is 3.97. The topological polar surface area (TPSA) is 114 Å². The second-order valence-electron chi connectivity index (χ2n) is 8.86. The molecule has 0 bridgehead atoms. The summed E-state index contributed by atoms with van der Waals surface area (Å²) in [4.78, 5) is 25.0. The van der Waals surface area contributed by atoms with Gasteiger partial charge in [-0.3, -0.25) is 4.79 Å². The molecule has 0 spiro atoms. The van der Waals surface area contributed by atoms with Crippen molar-refractivity contribution in [3.63, 3.8) is 0 Å². The molecule has 1 aromatic heterocycles. The fourth-order valence-corrected chi connectivity index (χ4v) is 5.83. The lowest BCUT2D eigenvalue weighted by Crippen LogP contribution is -2.41. The normalized spacial score (nSPS) is 19.0. The highest BCUT2D eigenvalue weighted by molar-refractivity contribution is 7.89. The minimum Gasteiger partial charge on any atom is -0.460 e. The van der Waals surface area contributed by atoms with Crippen LogP contribution in [0.4, 0.5) is 0 Å². The molecular formula is C25H27NO7S. The summed E-state index contributed by atoms with van der Waals surface area (Å²) in [5.74, 6) is -0.783. The number of rotatable bonds is 5. The molecule has 0 amide bonds. The van der Waals surface area contributed by atoms with Gasteiger partial charge in [0.05, 0.1) is 11.0 Å². The van der Waals surface area contributed by atoms with Gasteiger partial charge in [0.1, 0.15) is 18.2 Å². The number of carbonyl (C=O) groups is 1. The molecule has 1 aliphatic heterocycles. The quantitative estimate of drug-likeness (QED) is 0.437. The maximum absolute atomic E-state index is 13.3. The second-order valence-corrected chi connectivity index (χ2v) is 10.7. The summed E-state index contributed by atoms with van der Waals surface area (Å²) in [6.07, 6.45) is -1.06. The maximum Gasteiger partial charge on any atom is 0.336 e. The van der Waals surface area contributed by atoms with E-state index in [2.05, 4.69) is 0 Å². The zero-order valence-corrected chi connectivity index (χ0v) is 20.3. The lowest BCUT2D eigenvalue weighted by Gasteiger charge is -2.23. The summed E-state index contributed by atoms with van der Waals surface area (Å²) in [7, 11) is -4.03. The van der Waals surface area contributed by atoms with Crippen molar-refractivity contribution in [1.29, 1.82) is 0 Å². The molecule has 1 saturated heterocycles. The van der Waals surface area contributed by atoms with Crippen LogP contribution in [0.2, 0.25) is 0 Å². The third-order valence-corrected chi connectivity index (χ3v) is 8.28. The van der Waals surface area contributed by atoms with Gasteiger partial charge in [-0.05, 0) is 74.2 Å². The standard InChI is InChI=1S/C25H27NO7S/c1-14-5-6-20(7-15(14)2)34(30,31)26-12-19(27)11-22(26)25(29)32-13-18-10-24(28)33-23-9-17(4)16(3)8-21(18)23/h5-10,19,22,27H,11-13H2,1-4H3. The van der Waals surface area contributed by atoms with Crippen molar-refractivity contribution in [1.82, 2.24) is 4.31 Å². The van der Waals surface area contributed by atoms with Crippen molar-refractivity contribution in [2.24, 2.45) is 0 Å². The number of β-amino-alcohol motifs (C(OH)–C–C–N with tert-alkyl or cyclic N) is 1. The van der Waals surface area contributed by atoms with E-state index in [1.54, 1.807) is 18.2 Å². The van der Waals surface area contributed by atoms with Crippen molar-refractivity contribution in [3.8, 4) is 0 Å². The van der Waals surface area contributed by atoms with Gasteiger partial charge in [0.2, 0.25) is 10.0 Å². The zero-order valence-electron chi connectivity index (χ0n) is 19.5. The second kappa shape index (κ2) is 8.98. The van der Waals surface area contributed by atoms with E-state index >= 15 is 0 Å². The molecule has 0 saturated carbocycles. The Hall–Kier alpha value is -3.01. The van der Waals surface area contributed by atoms with Gasteiger partial charge in [0, 0.05) is 30.0 Å². The molecule has 180 valence electrons. The summed E-state index contributed by atoms with van der Waals surface area (Å²) in [6, 6.07) is 8.45. The number of aryl methyl sites for hydroxylation is 4. The molecule has 3 aromatic rings. The van der Waals surface area contributed by atoms with Crippen LogP contribution in [0.5, 0.6) is 0 Å². The highest BCUT2D eigenvalue weighted by Crippen LogP contribution is 2.29. The molecule has 0 aliphatic carbocycles.